The summed E-state index contributed by atoms with van der Waals surface area (Å²) in [7, 11) is 0. The number of para-hydroxylation sites is 3. The highest BCUT2D eigenvalue weighted by atomic mass is 16.3. The Morgan fingerprint density at radius 3 is 1.50 bits per heavy atom. The molecule has 244 valence electrons. The Bertz CT molecular complexity index is 3100. The molecule has 3 aromatic heterocycles. The monoisotopic (exact) mass is 667 g/mol. The largest absolute Gasteiger partial charge is 0.456 e. The Morgan fingerprint density at radius 1 is 0.308 bits per heavy atom. The molecule has 0 aliphatic carbocycles. The highest BCUT2D eigenvalue weighted by Crippen LogP contribution is 2.48. The molecule has 4 nitrogen and oxygen atoms in total. The average Bonchev–Trinajstić information content (AvgIpc) is 3.90. The van der Waals surface area contributed by atoms with Gasteiger partial charge in [0.15, 0.2) is 0 Å². The van der Waals surface area contributed by atoms with E-state index in [1.165, 1.54) is 11.1 Å². The zero-order valence-corrected chi connectivity index (χ0v) is 27.9. The van der Waals surface area contributed by atoms with E-state index in [0.29, 0.717) is 0 Å². The molecule has 0 N–H and O–H groups in total. The number of rotatable bonds is 5. The van der Waals surface area contributed by atoms with Crippen molar-refractivity contribution in [2.75, 3.05) is 4.90 Å². The van der Waals surface area contributed by atoms with Crippen LogP contribution in [0.2, 0.25) is 0 Å². The normalized spacial score (nSPS) is 11.8. The molecule has 0 atom stereocenters. The lowest BCUT2D eigenvalue weighted by Gasteiger charge is -2.26. The van der Waals surface area contributed by atoms with Gasteiger partial charge < -0.3 is 18.2 Å². The number of hydrogen-bond acceptors (Lipinski definition) is 4. The lowest BCUT2D eigenvalue weighted by atomic mass is 9.96. The van der Waals surface area contributed by atoms with Crippen molar-refractivity contribution in [2.24, 2.45) is 0 Å². The van der Waals surface area contributed by atoms with Crippen LogP contribution >= 0.6 is 0 Å². The molecule has 0 radical (unpaired) electrons. The van der Waals surface area contributed by atoms with Crippen LogP contribution in [0.5, 0.6) is 0 Å². The van der Waals surface area contributed by atoms with Gasteiger partial charge >= 0.3 is 0 Å². The minimum Gasteiger partial charge on any atom is -0.456 e. The van der Waals surface area contributed by atoms with Crippen LogP contribution in [0.4, 0.5) is 17.1 Å². The summed E-state index contributed by atoms with van der Waals surface area (Å²) < 4.78 is 19.7. The van der Waals surface area contributed by atoms with Crippen molar-refractivity contribution in [3.05, 3.63) is 176 Å². The summed E-state index contributed by atoms with van der Waals surface area (Å²) in [4.78, 5) is 2.30. The quantitative estimate of drug-likeness (QED) is 0.183. The van der Waals surface area contributed by atoms with Gasteiger partial charge in [-0.1, -0.05) is 109 Å². The third-order valence-corrected chi connectivity index (χ3v) is 10.3. The molecule has 0 aliphatic heterocycles. The van der Waals surface area contributed by atoms with Crippen LogP contribution in [0.15, 0.2) is 189 Å². The van der Waals surface area contributed by atoms with Crippen LogP contribution in [0, 0.1) is 0 Å². The van der Waals surface area contributed by atoms with E-state index in [1.807, 2.05) is 42.5 Å². The molecule has 0 saturated heterocycles. The highest BCUT2D eigenvalue weighted by Gasteiger charge is 2.24. The Morgan fingerprint density at radius 2 is 0.808 bits per heavy atom. The van der Waals surface area contributed by atoms with E-state index in [9.17, 15) is 0 Å². The number of fused-ring (bicyclic) bond motifs is 11. The van der Waals surface area contributed by atoms with Gasteiger partial charge in [-0.2, -0.15) is 0 Å². The second-order valence-corrected chi connectivity index (χ2v) is 13.2. The van der Waals surface area contributed by atoms with Gasteiger partial charge in [0, 0.05) is 44.0 Å². The van der Waals surface area contributed by atoms with E-state index < -0.39 is 0 Å². The third kappa shape index (κ3) is 4.34. The van der Waals surface area contributed by atoms with Gasteiger partial charge in [-0.05, 0) is 89.0 Å². The molecule has 4 heteroatoms. The van der Waals surface area contributed by atoms with Crippen LogP contribution in [-0.2, 0) is 0 Å². The molecule has 0 spiro atoms. The van der Waals surface area contributed by atoms with E-state index in [4.69, 9.17) is 13.3 Å². The summed E-state index contributed by atoms with van der Waals surface area (Å²) in [6.45, 7) is 0. The van der Waals surface area contributed by atoms with Crippen LogP contribution in [-0.4, -0.2) is 0 Å². The third-order valence-electron chi connectivity index (χ3n) is 10.3. The highest BCUT2D eigenvalue weighted by molar-refractivity contribution is 6.33. The molecule has 3 heterocycles. The summed E-state index contributed by atoms with van der Waals surface area (Å²) in [5.41, 5.74) is 12.7. The van der Waals surface area contributed by atoms with Crippen molar-refractivity contribution in [1.82, 2.24) is 0 Å². The zero-order valence-electron chi connectivity index (χ0n) is 27.9. The van der Waals surface area contributed by atoms with Crippen molar-refractivity contribution < 1.29 is 13.3 Å². The Kier molecular flexibility index (Phi) is 6.22. The maximum Gasteiger partial charge on any atom is 0.147 e. The maximum absolute atomic E-state index is 6.75. The zero-order chi connectivity index (χ0) is 34.2. The second-order valence-electron chi connectivity index (χ2n) is 13.2. The van der Waals surface area contributed by atoms with Crippen molar-refractivity contribution in [3.63, 3.8) is 0 Å². The molecule has 11 rings (SSSR count). The Labute approximate surface area is 298 Å². The number of nitrogens with zero attached hydrogens (tertiary/aromatic N) is 1. The van der Waals surface area contributed by atoms with Crippen molar-refractivity contribution in [2.45, 2.75) is 0 Å². The molecule has 8 aromatic carbocycles. The molecule has 0 bridgehead atoms. The summed E-state index contributed by atoms with van der Waals surface area (Å²) >= 11 is 0. The fraction of sp³-hybridized carbons (Fsp3) is 0. The summed E-state index contributed by atoms with van der Waals surface area (Å²) in [6.07, 6.45) is 0. The molecule has 0 saturated carbocycles. The predicted molar refractivity (Wildman–Crippen MR) is 214 cm³/mol. The van der Waals surface area contributed by atoms with Gasteiger partial charge in [-0.25, -0.2) is 0 Å². The van der Waals surface area contributed by atoms with Crippen molar-refractivity contribution in [3.8, 4) is 22.3 Å². The van der Waals surface area contributed by atoms with Gasteiger partial charge in [0.2, 0.25) is 0 Å². The molecule has 52 heavy (non-hydrogen) atoms. The van der Waals surface area contributed by atoms with Crippen molar-refractivity contribution >= 4 is 82.9 Å². The van der Waals surface area contributed by atoms with Gasteiger partial charge in [0.05, 0.1) is 5.39 Å². The fourth-order valence-corrected chi connectivity index (χ4v) is 7.92. The number of furan rings is 3. The first-order valence-electron chi connectivity index (χ1n) is 17.5. The van der Waals surface area contributed by atoms with Crippen LogP contribution in [0.3, 0.4) is 0 Å². The first-order valence-corrected chi connectivity index (χ1v) is 17.5. The number of anilines is 3. The van der Waals surface area contributed by atoms with E-state index in [2.05, 4.69) is 138 Å². The second kappa shape index (κ2) is 11.2. The first-order chi connectivity index (χ1) is 25.8. The topological polar surface area (TPSA) is 42.7 Å². The molecule has 0 amide bonds. The maximum atomic E-state index is 6.75. The Hall–Kier alpha value is -7.04. The standard InChI is InChI=1S/C48H29NO3/c1-3-11-30(12-4-1)31-19-23-34(24-20-31)49(33-13-5-2-6-14-33)35-25-21-32(22-26-35)38-29-43-47(48-44(38)36-15-7-10-18-40(36)52-48)46-42(51-43)28-27-41-45(46)37-16-8-9-17-39(37)50-41/h1-29H. The molecular formula is C48H29NO3. The van der Waals surface area contributed by atoms with Gasteiger partial charge in [-0.15, -0.1) is 0 Å². The average molecular weight is 668 g/mol. The van der Waals surface area contributed by atoms with E-state index in [1.54, 1.807) is 0 Å². The summed E-state index contributed by atoms with van der Waals surface area (Å²) in [5, 5.41) is 6.23. The molecule has 0 aliphatic rings. The van der Waals surface area contributed by atoms with E-state index in [-0.39, 0.29) is 0 Å². The molecule has 0 fully saturated rings. The van der Waals surface area contributed by atoms with Crippen LogP contribution in [0.25, 0.3) is 88.1 Å². The van der Waals surface area contributed by atoms with Crippen LogP contribution in [0.1, 0.15) is 0 Å². The summed E-state index contributed by atoms with van der Waals surface area (Å²) in [5.74, 6) is 0. The fourth-order valence-electron chi connectivity index (χ4n) is 7.92. The lowest BCUT2D eigenvalue weighted by Crippen LogP contribution is -2.09. The van der Waals surface area contributed by atoms with E-state index >= 15 is 0 Å². The molecule has 0 unspecified atom stereocenters. The SMILES string of the molecule is c1ccc(-c2ccc(N(c3ccccc3)c3ccc(-c4cc5oc6ccc7oc8ccccc8c7c6c5c5oc6ccccc6c45)cc3)cc2)cc1. The van der Waals surface area contributed by atoms with Gasteiger partial charge in [-0.3, -0.25) is 0 Å². The number of benzene rings is 8. The van der Waals surface area contributed by atoms with Gasteiger partial charge in [0.25, 0.3) is 0 Å². The van der Waals surface area contributed by atoms with E-state index in [0.717, 1.165) is 94.0 Å². The predicted octanol–water partition coefficient (Wildman–Crippen LogP) is 14.2. The number of hydrogen-bond donors (Lipinski definition) is 0. The molecule has 11 aromatic rings. The minimum atomic E-state index is 0.780. The van der Waals surface area contributed by atoms with Crippen molar-refractivity contribution in [1.29, 1.82) is 0 Å². The first kappa shape index (κ1) is 28.8. The minimum absolute atomic E-state index is 0.780. The van der Waals surface area contributed by atoms with Crippen LogP contribution < -0.4 is 4.90 Å². The molecular weight excluding hydrogens is 639 g/mol. The summed E-state index contributed by atoms with van der Waals surface area (Å²) in [6, 6.07) is 61.2. The lowest BCUT2D eigenvalue weighted by molar-refractivity contribution is 0.660. The smallest absolute Gasteiger partial charge is 0.147 e. The van der Waals surface area contributed by atoms with Gasteiger partial charge in [0.1, 0.15) is 33.5 Å². The Balaban J connectivity index is 1.10.